The van der Waals surface area contributed by atoms with Gasteiger partial charge in [-0.25, -0.2) is 9.67 Å². The quantitative estimate of drug-likeness (QED) is 0.623. The lowest BCUT2D eigenvalue weighted by Gasteiger charge is -2.15. The summed E-state index contributed by atoms with van der Waals surface area (Å²) in [6.45, 7) is 4.18. The van der Waals surface area contributed by atoms with E-state index in [-0.39, 0.29) is 5.91 Å². The normalized spacial score (nSPS) is 14.5. The highest BCUT2D eigenvalue weighted by Gasteiger charge is 2.20. The van der Waals surface area contributed by atoms with Gasteiger partial charge in [0, 0.05) is 18.5 Å². The summed E-state index contributed by atoms with van der Waals surface area (Å²) in [5, 5.41) is 8.23. The molecule has 1 aliphatic rings. The van der Waals surface area contributed by atoms with Gasteiger partial charge in [0.2, 0.25) is 5.91 Å². The van der Waals surface area contributed by atoms with E-state index >= 15 is 0 Å². The van der Waals surface area contributed by atoms with Gasteiger partial charge in [-0.15, -0.1) is 0 Å². The molecule has 4 rings (SSSR count). The zero-order valence-corrected chi connectivity index (χ0v) is 17.1. The number of imidazole rings is 1. The molecule has 6 nitrogen and oxygen atoms in total. The molecule has 0 atom stereocenters. The molecule has 1 aliphatic carbocycles. The molecule has 1 aromatic carbocycles. The van der Waals surface area contributed by atoms with Gasteiger partial charge in [0.15, 0.2) is 5.16 Å². The lowest BCUT2D eigenvalue weighted by atomic mass is 10.1. The second kappa shape index (κ2) is 8.22. The third kappa shape index (κ3) is 3.99. The Bertz CT molecular complexity index is 971. The molecule has 146 valence electrons. The number of carbonyl (C=O) groups is 1. The van der Waals surface area contributed by atoms with Gasteiger partial charge >= 0.3 is 0 Å². The van der Waals surface area contributed by atoms with E-state index in [1.165, 1.54) is 35.7 Å². The van der Waals surface area contributed by atoms with Crippen molar-refractivity contribution in [1.29, 1.82) is 0 Å². The molecule has 1 fully saturated rings. The molecule has 2 heterocycles. The minimum Gasteiger partial charge on any atom is -0.310 e. The second-order valence-corrected chi connectivity index (χ2v) is 8.25. The Labute approximate surface area is 169 Å². The predicted octanol–water partition coefficient (Wildman–Crippen LogP) is 4.53. The number of nitrogens with one attached hydrogen (secondary N) is 1. The number of amides is 1. The summed E-state index contributed by atoms with van der Waals surface area (Å²) < 4.78 is 4.00. The maximum absolute atomic E-state index is 12.5. The van der Waals surface area contributed by atoms with Gasteiger partial charge in [-0.05, 0) is 38.3 Å². The van der Waals surface area contributed by atoms with Gasteiger partial charge in [0.1, 0.15) is 5.82 Å². The highest BCUT2D eigenvalue weighted by Crippen LogP contribution is 2.31. The molecule has 28 heavy (non-hydrogen) atoms. The van der Waals surface area contributed by atoms with Gasteiger partial charge in [-0.1, -0.05) is 42.3 Å². The SMILES string of the molecule is Cc1ccc(-n2ccnc2SCC(=O)Nc2ccnn2C2CCCC2)c(C)c1. The van der Waals surface area contributed by atoms with Crippen LogP contribution in [-0.4, -0.2) is 31.0 Å². The number of rotatable bonds is 6. The highest BCUT2D eigenvalue weighted by molar-refractivity contribution is 7.99. The number of nitrogens with zero attached hydrogens (tertiary/aromatic N) is 4. The molecular formula is C21H25N5OS. The van der Waals surface area contributed by atoms with Gasteiger partial charge < -0.3 is 5.32 Å². The molecule has 0 saturated heterocycles. The van der Waals surface area contributed by atoms with E-state index in [1.807, 2.05) is 21.5 Å². The Kier molecular flexibility index (Phi) is 5.52. The summed E-state index contributed by atoms with van der Waals surface area (Å²) >= 11 is 1.44. The maximum atomic E-state index is 12.5. The molecule has 0 unspecified atom stereocenters. The van der Waals surface area contributed by atoms with Crippen LogP contribution in [0.2, 0.25) is 0 Å². The number of anilines is 1. The van der Waals surface area contributed by atoms with Crippen molar-refractivity contribution >= 4 is 23.5 Å². The third-order valence-electron chi connectivity index (χ3n) is 5.16. The molecular weight excluding hydrogens is 370 g/mol. The lowest BCUT2D eigenvalue weighted by Crippen LogP contribution is -2.19. The van der Waals surface area contributed by atoms with Crippen LogP contribution in [0.25, 0.3) is 5.69 Å². The molecule has 0 radical (unpaired) electrons. The first-order valence-corrected chi connectivity index (χ1v) is 10.7. The Morgan fingerprint density at radius 1 is 1.21 bits per heavy atom. The Balaban J connectivity index is 1.41. The summed E-state index contributed by atoms with van der Waals surface area (Å²) in [6.07, 6.45) is 10.2. The number of thioether (sulfide) groups is 1. The predicted molar refractivity (Wildman–Crippen MR) is 112 cm³/mol. The van der Waals surface area contributed by atoms with Crippen molar-refractivity contribution in [1.82, 2.24) is 19.3 Å². The molecule has 0 spiro atoms. The van der Waals surface area contributed by atoms with Crippen molar-refractivity contribution in [3.63, 3.8) is 0 Å². The molecule has 0 bridgehead atoms. The van der Waals surface area contributed by atoms with Crippen molar-refractivity contribution < 1.29 is 4.79 Å². The number of aryl methyl sites for hydroxylation is 2. The smallest absolute Gasteiger partial charge is 0.235 e. The molecule has 2 aromatic heterocycles. The number of hydrogen-bond donors (Lipinski definition) is 1. The minimum absolute atomic E-state index is 0.0417. The fourth-order valence-corrected chi connectivity index (χ4v) is 4.58. The average Bonchev–Trinajstić information content (AvgIpc) is 3.41. The first-order chi connectivity index (χ1) is 13.6. The topological polar surface area (TPSA) is 64.7 Å². The Morgan fingerprint density at radius 3 is 2.82 bits per heavy atom. The van der Waals surface area contributed by atoms with E-state index in [0.717, 1.165) is 29.5 Å². The van der Waals surface area contributed by atoms with Crippen molar-refractivity contribution in [3.8, 4) is 5.69 Å². The fourth-order valence-electron chi connectivity index (χ4n) is 3.82. The van der Waals surface area contributed by atoms with Crippen LogP contribution in [0.3, 0.4) is 0 Å². The van der Waals surface area contributed by atoms with Crippen LogP contribution < -0.4 is 5.32 Å². The fraction of sp³-hybridized carbons (Fsp3) is 0.381. The molecule has 1 saturated carbocycles. The largest absolute Gasteiger partial charge is 0.310 e. The highest BCUT2D eigenvalue weighted by atomic mass is 32.2. The van der Waals surface area contributed by atoms with Crippen molar-refractivity contribution in [2.45, 2.75) is 50.7 Å². The van der Waals surface area contributed by atoms with E-state index < -0.39 is 0 Å². The van der Waals surface area contributed by atoms with E-state index in [1.54, 1.807) is 12.4 Å². The number of aromatic nitrogens is 4. The average molecular weight is 396 g/mol. The van der Waals surface area contributed by atoms with Crippen molar-refractivity contribution in [3.05, 3.63) is 54.0 Å². The molecule has 1 N–H and O–H groups in total. The van der Waals surface area contributed by atoms with Crippen LogP contribution in [0.5, 0.6) is 0 Å². The van der Waals surface area contributed by atoms with E-state index in [2.05, 4.69) is 47.4 Å². The zero-order valence-electron chi connectivity index (χ0n) is 16.3. The van der Waals surface area contributed by atoms with Crippen LogP contribution in [0.15, 0.2) is 48.0 Å². The molecule has 3 aromatic rings. The van der Waals surface area contributed by atoms with Crippen LogP contribution in [0.4, 0.5) is 5.82 Å². The first-order valence-electron chi connectivity index (χ1n) is 9.69. The van der Waals surface area contributed by atoms with Crippen LogP contribution >= 0.6 is 11.8 Å². The van der Waals surface area contributed by atoms with Gasteiger partial charge in [0.25, 0.3) is 0 Å². The number of carbonyl (C=O) groups excluding carboxylic acids is 1. The number of hydrogen-bond acceptors (Lipinski definition) is 4. The Hall–Kier alpha value is -2.54. The maximum Gasteiger partial charge on any atom is 0.235 e. The van der Waals surface area contributed by atoms with Crippen LogP contribution in [-0.2, 0) is 4.79 Å². The van der Waals surface area contributed by atoms with Gasteiger partial charge in [-0.3, -0.25) is 9.36 Å². The molecule has 0 aliphatic heterocycles. The Morgan fingerprint density at radius 2 is 2.04 bits per heavy atom. The minimum atomic E-state index is -0.0417. The summed E-state index contributed by atoms with van der Waals surface area (Å²) in [7, 11) is 0. The van der Waals surface area contributed by atoms with Gasteiger partial charge in [-0.2, -0.15) is 5.10 Å². The zero-order chi connectivity index (χ0) is 19.5. The van der Waals surface area contributed by atoms with E-state index in [4.69, 9.17) is 0 Å². The summed E-state index contributed by atoms with van der Waals surface area (Å²) in [5.74, 6) is 1.05. The third-order valence-corrected chi connectivity index (χ3v) is 6.13. The molecule has 1 amide bonds. The number of benzene rings is 1. The second-order valence-electron chi connectivity index (χ2n) is 7.31. The lowest BCUT2D eigenvalue weighted by molar-refractivity contribution is -0.113. The summed E-state index contributed by atoms with van der Waals surface area (Å²) in [5.41, 5.74) is 3.50. The van der Waals surface area contributed by atoms with Crippen molar-refractivity contribution in [2.24, 2.45) is 0 Å². The van der Waals surface area contributed by atoms with E-state index in [9.17, 15) is 4.79 Å². The summed E-state index contributed by atoms with van der Waals surface area (Å²) in [4.78, 5) is 17.0. The monoisotopic (exact) mass is 395 g/mol. The van der Waals surface area contributed by atoms with Crippen LogP contribution in [0.1, 0.15) is 42.9 Å². The molecule has 7 heteroatoms. The summed E-state index contributed by atoms with van der Waals surface area (Å²) in [6, 6.07) is 8.61. The standard InChI is InChI=1S/C21H25N5OS/c1-15-7-8-18(16(2)13-15)25-12-11-22-21(25)28-14-20(27)24-19-9-10-23-26(19)17-5-3-4-6-17/h7-13,17H,3-6,14H2,1-2H3,(H,24,27). The first kappa shape index (κ1) is 18.8. The van der Waals surface area contributed by atoms with E-state index in [0.29, 0.717) is 11.8 Å². The van der Waals surface area contributed by atoms with Crippen LogP contribution in [0, 0.1) is 13.8 Å². The van der Waals surface area contributed by atoms with Gasteiger partial charge in [0.05, 0.1) is 23.7 Å². The van der Waals surface area contributed by atoms with Crippen molar-refractivity contribution in [2.75, 3.05) is 11.1 Å².